The van der Waals surface area contributed by atoms with Crippen molar-refractivity contribution in [2.75, 3.05) is 46.6 Å². The number of nitrogens with zero attached hydrogens (tertiary/aromatic N) is 2. The molecule has 2 rings (SSSR count). The zero-order valence-corrected chi connectivity index (χ0v) is 17.4. The van der Waals surface area contributed by atoms with E-state index in [9.17, 15) is 4.39 Å². The number of ether oxygens (including phenoxy) is 2. The lowest BCUT2D eigenvalue weighted by molar-refractivity contribution is 0.0536. The van der Waals surface area contributed by atoms with Crippen LogP contribution in [0.25, 0.3) is 0 Å². The second-order valence-electron chi connectivity index (χ2n) is 5.97. The number of likely N-dealkylation sites (tertiary alicyclic amines) is 1. The molecule has 25 heavy (non-hydrogen) atoms. The molecule has 0 spiro atoms. The number of nitrogens with one attached hydrogen (secondary N) is 1. The Kier molecular flexibility index (Phi) is 11.0. The van der Waals surface area contributed by atoms with Crippen LogP contribution in [0.2, 0.25) is 0 Å². The van der Waals surface area contributed by atoms with Gasteiger partial charge in [-0.3, -0.25) is 0 Å². The van der Waals surface area contributed by atoms with Crippen molar-refractivity contribution in [3.63, 3.8) is 0 Å². The van der Waals surface area contributed by atoms with Crippen LogP contribution >= 0.6 is 24.0 Å². The second kappa shape index (κ2) is 12.4. The van der Waals surface area contributed by atoms with Crippen LogP contribution in [0.3, 0.4) is 0 Å². The summed E-state index contributed by atoms with van der Waals surface area (Å²) in [5.74, 6) is 1.23. The van der Waals surface area contributed by atoms with Crippen molar-refractivity contribution in [1.29, 1.82) is 0 Å². The van der Waals surface area contributed by atoms with Crippen molar-refractivity contribution >= 4 is 29.9 Å². The zero-order chi connectivity index (χ0) is 17.2. The molecule has 5 nitrogen and oxygen atoms in total. The van der Waals surface area contributed by atoms with Gasteiger partial charge in [0.25, 0.3) is 0 Å². The molecular formula is C18H29FIN3O2. The Hall–Kier alpha value is -0.930. The van der Waals surface area contributed by atoms with Gasteiger partial charge >= 0.3 is 0 Å². The largest absolute Gasteiger partial charge is 0.382 e. The molecule has 0 radical (unpaired) electrons. The van der Waals surface area contributed by atoms with Gasteiger partial charge in [-0.2, -0.15) is 0 Å². The number of guanidine groups is 1. The fourth-order valence-corrected chi connectivity index (χ4v) is 2.74. The van der Waals surface area contributed by atoms with Crippen LogP contribution in [0, 0.1) is 11.7 Å². The maximum Gasteiger partial charge on any atom is 0.194 e. The molecule has 1 aromatic rings. The number of halogens is 2. The Balaban J connectivity index is 0.00000312. The summed E-state index contributed by atoms with van der Waals surface area (Å²) in [6.45, 7) is 7.41. The fraction of sp³-hybridized carbons (Fsp3) is 0.611. The van der Waals surface area contributed by atoms with Gasteiger partial charge in [0.15, 0.2) is 5.96 Å². The van der Waals surface area contributed by atoms with E-state index >= 15 is 0 Å². The molecule has 1 unspecified atom stereocenters. The molecule has 0 aliphatic carbocycles. The molecule has 0 amide bonds. The first-order chi connectivity index (χ1) is 11.7. The van der Waals surface area contributed by atoms with Gasteiger partial charge in [-0.25, -0.2) is 9.38 Å². The van der Waals surface area contributed by atoms with E-state index in [2.05, 4.69) is 22.1 Å². The van der Waals surface area contributed by atoms with Gasteiger partial charge in [-0.05, 0) is 31.0 Å². The summed E-state index contributed by atoms with van der Waals surface area (Å²) < 4.78 is 23.6. The topological polar surface area (TPSA) is 46.1 Å². The first-order valence-corrected chi connectivity index (χ1v) is 8.57. The van der Waals surface area contributed by atoms with Gasteiger partial charge in [0.05, 0.1) is 26.4 Å². The highest BCUT2D eigenvalue weighted by Gasteiger charge is 2.24. The molecule has 142 valence electrons. The summed E-state index contributed by atoms with van der Waals surface area (Å²) in [6.07, 6.45) is 1.11. The molecule has 1 aliphatic heterocycles. The van der Waals surface area contributed by atoms with Crippen molar-refractivity contribution in [3.8, 4) is 0 Å². The monoisotopic (exact) mass is 465 g/mol. The Morgan fingerprint density at radius 2 is 2.08 bits per heavy atom. The number of hydrogen-bond donors (Lipinski definition) is 1. The van der Waals surface area contributed by atoms with Crippen LogP contribution in [-0.4, -0.2) is 57.4 Å². The minimum Gasteiger partial charge on any atom is -0.382 e. The number of rotatable bonds is 8. The van der Waals surface area contributed by atoms with E-state index in [-0.39, 0.29) is 29.8 Å². The predicted molar refractivity (Wildman–Crippen MR) is 109 cm³/mol. The molecule has 1 aromatic carbocycles. The van der Waals surface area contributed by atoms with Crippen LogP contribution in [0.1, 0.15) is 18.9 Å². The summed E-state index contributed by atoms with van der Waals surface area (Å²) in [5, 5.41) is 3.34. The minimum atomic E-state index is -0.217. The fourth-order valence-electron chi connectivity index (χ4n) is 2.74. The van der Waals surface area contributed by atoms with Gasteiger partial charge in [-0.15, -0.1) is 24.0 Å². The smallest absolute Gasteiger partial charge is 0.194 e. The highest BCUT2D eigenvalue weighted by molar-refractivity contribution is 14.0. The average molecular weight is 465 g/mol. The minimum absolute atomic E-state index is 0. The van der Waals surface area contributed by atoms with E-state index in [0.717, 1.165) is 44.2 Å². The highest BCUT2D eigenvalue weighted by atomic mass is 127. The molecule has 1 heterocycles. The maximum absolute atomic E-state index is 13.0. The van der Waals surface area contributed by atoms with E-state index in [1.54, 1.807) is 19.2 Å². The summed E-state index contributed by atoms with van der Waals surface area (Å²) in [7, 11) is 1.68. The SMILES string of the molecule is CCNC(=NCc1ccc(F)cc1)N1CCC(COCCOC)C1.I. The first-order valence-electron chi connectivity index (χ1n) is 8.57. The van der Waals surface area contributed by atoms with Crippen molar-refractivity contribution in [1.82, 2.24) is 10.2 Å². The first kappa shape index (κ1) is 22.1. The standard InChI is InChI=1S/C18H28FN3O2.HI/c1-3-20-18(21-12-15-4-6-17(19)7-5-15)22-9-8-16(13-22)14-24-11-10-23-2;/h4-7,16H,3,8-14H2,1-2H3,(H,20,21);1H. The Morgan fingerprint density at radius 1 is 1.32 bits per heavy atom. The molecule has 0 saturated carbocycles. The van der Waals surface area contributed by atoms with Gasteiger partial charge in [0.2, 0.25) is 0 Å². The third-order valence-electron chi connectivity index (χ3n) is 4.03. The molecule has 0 bridgehead atoms. The van der Waals surface area contributed by atoms with E-state index in [1.807, 2.05) is 0 Å². The molecule has 0 aromatic heterocycles. The van der Waals surface area contributed by atoms with Gasteiger partial charge in [-0.1, -0.05) is 12.1 Å². The van der Waals surface area contributed by atoms with Crippen LogP contribution in [0.5, 0.6) is 0 Å². The van der Waals surface area contributed by atoms with Crippen molar-refractivity contribution < 1.29 is 13.9 Å². The third kappa shape index (κ3) is 7.87. The molecule has 1 atom stereocenters. The number of methoxy groups -OCH3 is 1. The average Bonchev–Trinajstić information content (AvgIpc) is 3.06. The Morgan fingerprint density at radius 3 is 2.76 bits per heavy atom. The lowest BCUT2D eigenvalue weighted by Gasteiger charge is -2.21. The van der Waals surface area contributed by atoms with Crippen LogP contribution in [0.15, 0.2) is 29.3 Å². The Bertz CT molecular complexity index is 514. The lowest BCUT2D eigenvalue weighted by Crippen LogP contribution is -2.40. The molecule has 1 saturated heterocycles. The quantitative estimate of drug-likeness (QED) is 0.278. The summed E-state index contributed by atoms with van der Waals surface area (Å²) in [5.41, 5.74) is 1.01. The summed E-state index contributed by atoms with van der Waals surface area (Å²) in [4.78, 5) is 6.96. The van der Waals surface area contributed by atoms with Gasteiger partial charge in [0, 0.05) is 32.7 Å². The lowest BCUT2D eigenvalue weighted by atomic mass is 10.1. The molecule has 7 heteroatoms. The van der Waals surface area contributed by atoms with Crippen LogP contribution in [0.4, 0.5) is 4.39 Å². The maximum atomic E-state index is 13.0. The van der Waals surface area contributed by atoms with Crippen molar-refractivity contribution in [2.24, 2.45) is 10.9 Å². The van der Waals surface area contributed by atoms with Gasteiger partial charge in [0.1, 0.15) is 5.82 Å². The molecule has 1 aliphatic rings. The number of hydrogen-bond acceptors (Lipinski definition) is 3. The van der Waals surface area contributed by atoms with Crippen LogP contribution < -0.4 is 5.32 Å². The predicted octanol–water partition coefficient (Wildman–Crippen LogP) is 2.89. The third-order valence-corrected chi connectivity index (χ3v) is 4.03. The molecule has 1 N–H and O–H groups in total. The number of aliphatic imine (C=N–C) groups is 1. The van der Waals surface area contributed by atoms with E-state index < -0.39 is 0 Å². The van der Waals surface area contributed by atoms with Crippen molar-refractivity contribution in [3.05, 3.63) is 35.6 Å². The van der Waals surface area contributed by atoms with E-state index in [4.69, 9.17) is 9.47 Å². The van der Waals surface area contributed by atoms with E-state index in [0.29, 0.717) is 25.7 Å². The van der Waals surface area contributed by atoms with Crippen molar-refractivity contribution in [2.45, 2.75) is 19.9 Å². The second-order valence-corrected chi connectivity index (χ2v) is 5.97. The normalized spacial score (nSPS) is 17.5. The summed E-state index contributed by atoms with van der Waals surface area (Å²) >= 11 is 0. The zero-order valence-electron chi connectivity index (χ0n) is 15.0. The molecule has 1 fully saturated rings. The molecular weight excluding hydrogens is 436 g/mol. The van der Waals surface area contributed by atoms with Gasteiger partial charge < -0.3 is 19.7 Å². The summed E-state index contributed by atoms with van der Waals surface area (Å²) in [6, 6.07) is 6.50. The van der Waals surface area contributed by atoms with Crippen LogP contribution in [-0.2, 0) is 16.0 Å². The van der Waals surface area contributed by atoms with E-state index in [1.165, 1.54) is 12.1 Å². The highest BCUT2D eigenvalue weighted by Crippen LogP contribution is 2.17. The number of benzene rings is 1. The Labute approximate surface area is 167 Å².